The third kappa shape index (κ3) is 5.44. The molecule has 0 N–H and O–H groups in total. The maximum absolute atomic E-state index is 12.2. The highest BCUT2D eigenvalue weighted by Gasteiger charge is 2.32. The molecule has 0 aliphatic heterocycles. The van der Waals surface area contributed by atoms with E-state index in [1.807, 2.05) is 0 Å². The van der Waals surface area contributed by atoms with E-state index < -0.39 is 18.6 Å². The molecule has 0 aromatic carbocycles. The molecule has 0 radical (unpaired) electrons. The maximum Gasteiger partial charge on any atom is 0.406 e. The van der Waals surface area contributed by atoms with E-state index in [2.05, 4.69) is 0 Å². The summed E-state index contributed by atoms with van der Waals surface area (Å²) in [7, 11) is 0. The molecule has 0 bridgehead atoms. The molecule has 1 aromatic rings. The number of rotatable bonds is 6. The first-order valence-corrected chi connectivity index (χ1v) is 5.88. The van der Waals surface area contributed by atoms with Gasteiger partial charge in [-0.05, 0) is 12.1 Å². The van der Waals surface area contributed by atoms with Crippen LogP contribution < -0.4 is 0 Å². The normalized spacial score (nSPS) is 11.6. The Bertz CT molecular complexity index is 365. The van der Waals surface area contributed by atoms with Crippen LogP contribution in [0, 0.1) is 0 Å². The third-order valence-electron chi connectivity index (χ3n) is 2.24. The number of alkyl halides is 4. The van der Waals surface area contributed by atoms with Crippen LogP contribution in [-0.2, 0) is 11.2 Å². The van der Waals surface area contributed by atoms with E-state index >= 15 is 0 Å². The fraction of sp³-hybridized carbons (Fsp3) is 0.545. The van der Waals surface area contributed by atoms with E-state index in [-0.39, 0.29) is 25.3 Å². The fourth-order valence-electron chi connectivity index (χ4n) is 1.45. The third-order valence-corrected chi connectivity index (χ3v) is 2.41. The van der Waals surface area contributed by atoms with Crippen molar-refractivity contribution < 1.29 is 22.4 Å². The zero-order chi connectivity index (χ0) is 13.6. The molecular formula is C11H13ClF3NO2. The molecule has 0 fully saturated rings. The van der Waals surface area contributed by atoms with Crippen LogP contribution in [0.2, 0.25) is 0 Å². The van der Waals surface area contributed by atoms with Crippen molar-refractivity contribution in [3.63, 3.8) is 0 Å². The van der Waals surface area contributed by atoms with Crippen molar-refractivity contribution in [2.45, 2.75) is 19.0 Å². The largest absolute Gasteiger partial charge is 0.469 e. The van der Waals surface area contributed by atoms with E-state index in [9.17, 15) is 18.0 Å². The van der Waals surface area contributed by atoms with Gasteiger partial charge in [-0.1, -0.05) is 0 Å². The molecule has 7 heteroatoms. The number of amides is 1. The summed E-state index contributed by atoms with van der Waals surface area (Å²) in [6, 6.07) is 3.33. The summed E-state index contributed by atoms with van der Waals surface area (Å²) in [5.74, 6) is -0.0340. The molecule has 0 atom stereocenters. The number of furan rings is 1. The molecule has 0 aliphatic carbocycles. The number of hydrogen-bond donors (Lipinski definition) is 0. The van der Waals surface area contributed by atoms with Crippen LogP contribution >= 0.6 is 11.6 Å². The van der Waals surface area contributed by atoms with Crippen molar-refractivity contribution in [1.29, 1.82) is 0 Å². The standard InChI is InChI=1S/C11H13ClF3NO2/c12-5-6-16(8-11(13,14)15)10(17)4-3-9-2-1-7-18-9/h1-2,7H,3-6,8H2. The summed E-state index contributed by atoms with van der Waals surface area (Å²) in [5.41, 5.74) is 0. The summed E-state index contributed by atoms with van der Waals surface area (Å²) in [6.45, 7) is -1.38. The van der Waals surface area contributed by atoms with E-state index in [4.69, 9.17) is 16.0 Å². The lowest BCUT2D eigenvalue weighted by atomic mass is 10.2. The molecule has 102 valence electrons. The molecule has 0 spiro atoms. The topological polar surface area (TPSA) is 33.5 Å². The molecule has 0 aliphatic rings. The minimum atomic E-state index is -4.41. The number of carbonyl (C=O) groups is 1. The zero-order valence-corrected chi connectivity index (χ0v) is 10.3. The SMILES string of the molecule is O=C(CCc1ccco1)N(CCCl)CC(F)(F)F. The summed E-state index contributed by atoms with van der Waals surface area (Å²) in [4.78, 5) is 12.3. The predicted octanol–water partition coefficient (Wildman–Crippen LogP) is 2.84. The Labute approximate surface area is 108 Å². The lowest BCUT2D eigenvalue weighted by Gasteiger charge is -2.22. The minimum Gasteiger partial charge on any atom is -0.469 e. The lowest BCUT2D eigenvalue weighted by molar-refractivity contribution is -0.160. The quantitative estimate of drug-likeness (QED) is 0.752. The smallest absolute Gasteiger partial charge is 0.406 e. The number of nitrogens with zero attached hydrogens (tertiary/aromatic N) is 1. The minimum absolute atomic E-state index is 0.0252. The van der Waals surface area contributed by atoms with Crippen molar-refractivity contribution in [2.75, 3.05) is 19.0 Å². The van der Waals surface area contributed by atoms with E-state index in [0.29, 0.717) is 5.76 Å². The van der Waals surface area contributed by atoms with Gasteiger partial charge in [0.1, 0.15) is 12.3 Å². The Morgan fingerprint density at radius 3 is 2.67 bits per heavy atom. The van der Waals surface area contributed by atoms with Gasteiger partial charge < -0.3 is 9.32 Å². The van der Waals surface area contributed by atoms with Gasteiger partial charge in [0, 0.05) is 25.3 Å². The van der Waals surface area contributed by atoms with Gasteiger partial charge in [-0.3, -0.25) is 4.79 Å². The van der Waals surface area contributed by atoms with Crippen molar-refractivity contribution in [2.24, 2.45) is 0 Å². The summed E-state index contributed by atoms with van der Waals surface area (Å²) in [6.07, 6.45) is -2.71. The fourth-order valence-corrected chi connectivity index (χ4v) is 1.66. The highest BCUT2D eigenvalue weighted by Crippen LogP contribution is 2.17. The van der Waals surface area contributed by atoms with Crippen molar-refractivity contribution in [3.05, 3.63) is 24.2 Å². The monoisotopic (exact) mass is 283 g/mol. The van der Waals surface area contributed by atoms with Crippen LogP contribution in [0.4, 0.5) is 13.2 Å². The maximum atomic E-state index is 12.2. The van der Waals surface area contributed by atoms with Gasteiger partial charge in [-0.15, -0.1) is 11.6 Å². The molecule has 0 unspecified atom stereocenters. The Balaban J connectivity index is 2.48. The number of hydrogen-bond acceptors (Lipinski definition) is 2. The highest BCUT2D eigenvalue weighted by atomic mass is 35.5. The van der Waals surface area contributed by atoms with Crippen LogP contribution in [0.15, 0.2) is 22.8 Å². The molecule has 1 heterocycles. The molecule has 18 heavy (non-hydrogen) atoms. The number of aryl methyl sites for hydroxylation is 1. The van der Waals surface area contributed by atoms with Gasteiger partial charge in [0.05, 0.1) is 6.26 Å². The number of halogens is 4. The molecule has 1 rings (SSSR count). The second-order valence-electron chi connectivity index (χ2n) is 3.70. The van der Waals surface area contributed by atoms with Crippen molar-refractivity contribution in [1.82, 2.24) is 4.90 Å². The van der Waals surface area contributed by atoms with Crippen LogP contribution in [0.3, 0.4) is 0 Å². The first-order chi connectivity index (χ1) is 8.42. The molecule has 1 amide bonds. The van der Waals surface area contributed by atoms with Crippen molar-refractivity contribution >= 4 is 17.5 Å². The molecular weight excluding hydrogens is 271 g/mol. The zero-order valence-electron chi connectivity index (χ0n) is 9.54. The molecule has 0 saturated carbocycles. The first-order valence-electron chi connectivity index (χ1n) is 5.35. The van der Waals surface area contributed by atoms with Crippen LogP contribution in [0.1, 0.15) is 12.2 Å². The van der Waals surface area contributed by atoms with Gasteiger partial charge >= 0.3 is 6.18 Å². The number of carbonyl (C=O) groups excluding carboxylic acids is 1. The van der Waals surface area contributed by atoms with Gasteiger partial charge in [0.2, 0.25) is 5.91 Å². The molecule has 1 aromatic heterocycles. The van der Waals surface area contributed by atoms with Crippen LogP contribution in [0.25, 0.3) is 0 Å². The van der Waals surface area contributed by atoms with E-state index in [1.165, 1.54) is 6.26 Å². The molecule has 0 saturated heterocycles. The average Bonchev–Trinajstić information content (AvgIpc) is 2.76. The average molecular weight is 284 g/mol. The first kappa shape index (κ1) is 14.9. The van der Waals surface area contributed by atoms with E-state index in [0.717, 1.165) is 4.90 Å². The van der Waals surface area contributed by atoms with Crippen LogP contribution in [-0.4, -0.2) is 36.0 Å². The Morgan fingerprint density at radius 1 is 1.44 bits per heavy atom. The summed E-state index contributed by atoms with van der Waals surface area (Å²) >= 11 is 5.39. The Hall–Kier alpha value is -1.17. The van der Waals surface area contributed by atoms with Crippen molar-refractivity contribution in [3.8, 4) is 0 Å². The van der Waals surface area contributed by atoms with Crippen LogP contribution in [0.5, 0.6) is 0 Å². The lowest BCUT2D eigenvalue weighted by Crippen LogP contribution is -2.40. The molecule has 3 nitrogen and oxygen atoms in total. The predicted molar refractivity (Wildman–Crippen MR) is 60.4 cm³/mol. The van der Waals surface area contributed by atoms with Gasteiger partial charge in [0.25, 0.3) is 0 Å². The van der Waals surface area contributed by atoms with E-state index in [1.54, 1.807) is 12.1 Å². The van der Waals surface area contributed by atoms with Gasteiger partial charge in [0.15, 0.2) is 0 Å². The summed E-state index contributed by atoms with van der Waals surface area (Å²) < 4.78 is 41.7. The second kappa shape index (κ2) is 6.68. The Morgan fingerprint density at radius 2 is 2.17 bits per heavy atom. The van der Waals surface area contributed by atoms with Gasteiger partial charge in [-0.2, -0.15) is 13.2 Å². The second-order valence-corrected chi connectivity index (χ2v) is 4.08. The highest BCUT2D eigenvalue weighted by molar-refractivity contribution is 6.18. The Kier molecular flexibility index (Phi) is 5.53. The summed E-state index contributed by atoms with van der Waals surface area (Å²) in [5, 5.41) is 0. The van der Waals surface area contributed by atoms with Gasteiger partial charge in [-0.25, -0.2) is 0 Å².